The number of methoxy groups -OCH3 is 1. The smallest absolute Gasteiger partial charge is 0.0531 e. The highest BCUT2D eigenvalue weighted by molar-refractivity contribution is 5.53. The molecule has 14 heavy (non-hydrogen) atoms. The van der Waals surface area contributed by atoms with Crippen LogP contribution in [0.5, 0.6) is 0 Å². The maximum absolute atomic E-state index is 6.01. The number of nitrogens with two attached hydrogens (primary N) is 1. The Morgan fingerprint density at radius 1 is 1.50 bits per heavy atom. The zero-order valence-electron chi connectivity index (χ0n) is 8.62. The molecule has 0 heterocycles. The van der Waals surface area contributed by atoms with Crippen LogP contribution in [0.2, 0.25) is 0 Å². The summed E-state index contributed by atoms with van der Waals surface area (Å²) in [4.78, 5) is 0. The van der Waals surface area contributed by atoms with Gasteiger partial charge in [0.2, 0.25) is 0 Å². The van der Waals surface area contributed by atoms with E-state index in [2.05, 4.69) is 6.07 Å². The fourth-order valence-corrected chi connectivity index (χ4v) is 2.40. The zero-order valence-corrected chi connectivity index (χ0v) is 8.62. The molecule has 0 bridgehead atoms. The standard InChI is InChI=1S/C12H17NO/c1-14-8-10-6-2-4-9-5-3-7-11(13)12(9)10/h3,5,7,10H,2,4,6,8,13H2,1H3. The van der Waals surface area contributed by atoms with E-state index in [1.807, 2.05) is 12.1 Å². The predicted octanol–water partition coefficient (Wildman–Crippen LogP) is 2.34. The molecule has 0 fully saturated rings. The molecule has 0 aromatic heterocycles. The Morgan fingerprint density at radius 2 is 2.36 bits per heavy atom. The van der Waals surface area contributed by atoms with Crippen molar-refractivity contribution >= 4 is 5.69 Å². The Balaban J connectivity index is 2.36. The summed E-state index contributed by atoms with van der Waals surface area (Å²) >= 11 is 0. The van der Waals surface area contributed by atoms with Crippen molar-refractivity contribution < 1.29 is 4.74 Å². The van der Waals surface area contributed by atoms with Crippen LogP contribution in [0.15, 0.2) is 18.2 Å². The van der Waals surface area contributed by atoms with Gasteiger partial charge in [-0.1, -0.05) is 12.1 Å². The summed E-state index contributed by atoms with van der Waals surface area (Å²) in [5, 5.41) is 0. The van der Waals surface area contributed by atoms with E-state index in [-0.39, 0.29) is 0 Å². The Bertz CT molecular complexity index is 322. The van der Waals surface area contributed by atoms with Crippen molar-refractivity contribution in [2.45, 2.75) is 25.2 Å². The zero-order chi connectivity index (χ0) is 9.97. The van der Waals surface area contributed by atoms with Crippen LogP contribution in [-0.4, -0.2) is 13.7 Å². The van der Waals surface area contributed by atoms with Gasteiger partial charge < -0.3 is 10.5 Å². The molecule has 0 spiro atoms. The summed E-state index contributed by atoms with van der Waals surface area (Å²) < 4.78 is 5.24. The Morgan fingerprint density at radius 3 is 3.14 bits per heavy atom. The number of fused-ring (bicyclic) bond motifs is 1. The first-order chi connectivity index (χ1) is 6.83. The topological polar surface area (TPSA) is 35.2 Å². The first-order valence-electron chi connectivity index (χ1n) is 5.19. The monoisotopic (exact) mass is 191 g/mol. The molecule has 1 aromatic carbocycles. The predicted molar refractivity (Wildman–Crippen MR) is 58.4 cm³/mol. The number of aryl methyl sites for hydroxylation is 1. The van der Waals surface area contributed by atoms with E-state index in [1.165, 1.54) is 30.4 Å². The van der Waals surface area contributed by atoms with E-state index in [0.717, 1.165) is 12.3 Å². The van der Waals surface area contributed by atoms with Gasteiger partial charge in [-0.25, -0.2) is 0 Å². The first-order valence-corrected chi connectivity index (χ1v) is 5.19. The van der Waals surface area contributed by atoms with E-state index >= 15 is 0 Å². The van der Waals surface area contributed by atoms with Crippen molar-refractivity contribution in [3.8, 4) is 0 Å². The summed E-state index contributed by atoms with van der Waals surface area (Å²) in [6.07, 6.45) is 3.63. The van der Waals surface area contributed by atoms with Crippen molar-refractivity contribution in [2.75, 3.05) is 19.5 Å². The van der Waals surface area contributed by atoms with E-state index in [0.29, 0.717) is 5.92 Å². The second kappa shape index (κ2) is 4.01. The van der Waals surface area contributed by atoms with E-state index in [4.69, 9.17) is 10.5 Å². The number of nitrogen functional groups attached to an aromatic ring is 1. The third-order valence-electron chi connectivity index (χ3n) is 3.00. The number of ether oxygens (including phenoxy) is 1. The number of benzene rings is 1. The van der Waals surface area contributed by atoms with Gasteiger partial charge in [0.05, 0.1) is 6.61 Å². The lowest BCUT2D eigenvalue weighted by molar-refractivity contribution is 0.172. The second-order valence-electron chi connectivity index (χ2n) is 3.96. The minimum Gasteiger partial charge on any atom is -0.398 e. The van der Waals surface area contributed by atoms with Crippen molar-refractivity contribution in [3.05, 3.63) is 29.3 Å². The fourth-order valence-electron chi connectivity index (χ4n) is 2.40. The van der Waals surface area contributed by atoms with Crippen LogP contribution in [-0.2, 0) is 11.2 Å². The molecule has 1 aliphatic rings. The molecule has 0 amide bonds. The number of rotatable bonds is 2. The molecular formula is C12H17NO. The van der Waals surface area contributed by atoms with Crippen LogP contribution in [0.1, 0.15) is 29.9 Å². The first kappa shape index (κ1) is 9.53. The van der Waals surface area contributed by atoms with Crippen molar-refractivity contribution in [1.29, 1.82) is 0 Å². The molecule has 2 heteroatoms. The molecule has 0 saturated heterocycles. The van der Waals surface area contributed by atoms with Crippen molar-refractivity contribution in [1.82, 2.24) is 0 Å². The van der Waals surface area contributed by atoms with Crippen molar-refractivity contribution in [2.24, 2.45) is 0 Å². The van der Waals surface area contributed by atoms with Gasteiger partial charge in [0.1, 0.15) is 0 Å². The molecule has 0 saturated carbocycles. The minimum atomic E-state index is 0.505. The van der Waals surface area contributed by atoms with Crippen LogP contribution in [0, 0.1) is 0 Å². The Labute approximate surface area is 85.1 Å². The maximum atomic E-state index is 6.01. The summed E-state index contributed by atoms with van der Waals surface area (Å²) in [5.41, 5.74) is 9.69. The maximum Gasteiger partial charge on any atom is 0.0531 e. The molecule has 1 atom stereocenters. The summed E-state index contributed by atoms with van der Waals surface area (Å²) in [6, 6.07) is 6.23. The normalized spacial score (nSPS) is 20.5. The molecule has 2 nitrogen and oxygen atoms in total. The highest BCUT2D eigenvalue weighted by Gasteiger charge is 2.21. The Hall–Kier alpha value is -1.02. The highest BCUT2D eigenvalue weighted by Crippen LogP contribution is 2.35. The van der Waals surface area contributed by atoms with Gasteiger partial charge in [-0.05, 0) is 36.5 Å². The molecule has 1 aliphatic carbocycles. The lowest BCUT2D eigenvalue weighted by Crippen LogP contribution is -2.16. The molecule has 1 aromatic rings. The quantitative estimate of drug-likeness (QED) is 0.728. The number of anilines is 1. The third-order valence-corrected chi connectivity index (χ3v) is 3.00. The van der Waals surface area contributed by atoms with E-state index in [1.54, 1.807) is 7.11 Å². The van der Waals surface area contributed by atoms with Gasteiger partial charge >= 0.3 is 0 Å². The average Bonchev–Trinajstić information content (AvgIpc) is 2.19. The number of hydrogen-bond donors (Lipinski definition) is 1. The summed E-state index contributed by atoms with van der Waals surface area (Å²) in [5.74, 6) is 0.505. The summed E-state index contributed by atoms with van der Waals surface area (Å²) in [7, 11) is 1.76. The third kappa shape index (κ3) is 1.62. The van der Waals surface area contributed by atoms with Crippen LogP contribution < -0.4 is 5.73 Å². The Kier molecular flexibility index (Phi) is 2.73. The summed E-state index contributed by atoms with van der Waals surface area (Å²) in [6.45, 7) is 0.793. The molecule has 2 N–H and O–H groups in total. The fraction of sp³-hybridized carbons (Fsp3) is 0.500. The second-order valence-corrected chi connectivity index (χ2v) is 3.96. The van der Waals surface area contributed by atoms with Crippen LogP contribution >= 0.6 is 0 Å². The van der Waals surface area contributed by atoms with Gasteiger partial charge in [-0.15, -0.1) is 0 Å². The van der Waals surface area contributed by atoms with Gasteiger partial charge in [0, 0.05) is 18.7 Å². The van der Waals surface area contributed by atoms with E-state index in [9.17, 15) is 0 Å². The van der Waals surface area contributed by atoms with Gasteiger partial charge in [0.25, 0.3) is 0 Å². The molecule has 2 rings (SSSR count). The lowest BCUT2D eigenvalue weighted by atomic mass is 9.82. The van der Waals surface area contributed by atoms with Crippen LogP contribution in [0.4, 0.5) is 5.69 Å². The van der Waals surface area contributed by atoms with E-state index < -0.39 is 0 Å². The highest BCUT2D eigenvalue weighted by atomic mass is 16.5. The molecular weight excluding hydrogens is 174 g/mol. The average molecular weight is 191 g/mol. The molecule has 0 radical (unpaired) electrons. The van der Waals surface area contributed by atoms with Crippen LogP contribution in [0.25, 0.3) is 0 Å². The van der Waals surface area contributed by atoms with Crippen LogP contribution in [0.3, 0.4) is 0 Å². The molecule has 1 unspecified atom stereocenters. The molecule has 76 valence electrons. The SMILES string of the molecule is COCC1CCCc2cccc(N)c21. The number of hydrogen-bond acceptors (Lipinski definition) is 2. The van der Waals surface area contributed by atoms with Crippen molar-refractivity contribution in [3.63, 3.8) is 0 Å². The minimum absolute atomic E-state index is 0.505. The molecule has 0 aliphatic heterocycles. The largest absolute Gasteiger partial charge is 0.398 e. The lowest BCUT2D eigenvalue weighted by Gasteiger charge is -2.26. The van der Waals surface area contributed by atoms with Gasteiger partial charge in [0.15, 0.2) is 0 Å². The van der Waals surface area contributed by atoms with Gasteiger partial charge in [-0.2, -0.15) is 0 Å². The van der Waals surface area contributed by atoms with Gasteiger partial charge in [-0.3, -0.25) is 0 Å².